The van der Waals surface area contributed by atoms with E-state index in [1.807, 2.05) is 36.4 Å². The summed E-state index contributed by atoms with van der Waals surface area (Å²) < 4.78 is 40.1. The fourth-order valence-electron chi connectivity index (χ4n) is 3.85. The second kappa shape index (κ2) is 7.87. The first-order chi connectivity index (χ1) is 15.4. The standard InChI is InChI=1S/C24H21NO6S/c1-32(27,28)20-6-2-16(3-7-20)24(26)25-10-11-29-21-8-4-17(12-19(21)14-25)18-5-9-22-23(13-18)31-15-30-22/h2-9,12-13H,10-11,14-15H2,1H3. The fraction of sp³-hybridized carbons (Fsp3) is 0.208. The third-order valence-electron chi connectivity index (χ3n) is 5.56. The maximum Gasteiger partial charge on any atom is 0.254 e. The number of hydrogen-bond donors (Lipinski definition) is 0. The van der Waals surface area contributed by atoms with E-state index in [-0.39, 0.29) is 17.6 Å². The van der Waals surface area contributed by atoms with Gasteiger partial charge in [-0.3, -0.25) is 4.79 Å². The molecule has 0 radical (unpaired) electrons. The predicted molar refractivity (Wildman–Crippen MR) is 118 cm³/mol. The van der Waals surface area contributed by atoms with Gasteiger partial charge in [-0.1, -0.05) is 12.1 Å². The van der Waals surface area contributed by atoms with E-state index in [2.05, 4.69) is 0 Å². The third kappa shape index (κ3) is 3.89. The molecule has 3 aromatic carbocycles. The Hall–Kier alpha value is -3.52. The molecule has 0 saturated carbocycles. The quantitative estimate of drug-likeness (QED) is 0.606. The van der Waals surface area contributed by atoms with Crippen molar-refractivity contribution < 1.29 is 27.4 Å². The normalized spacial score (nSPS) is 15.0. The van der Waals surface area contributed by atoms with Crippen LogP contribution in [0.4, 0.5) is 0 Å². The molecule has 0 N–H and O–H groups in total. The van der Waals surface area contributed by atoms with Crippen molar-refractivity contribution in [3.05, 3.63) is 71.8 Å². The fourth-order valence-corrected chi connectivity index (χ4v) is 4.48. The van der Waals surface area contributed by atoms with Crippen LogP contribution in [-0.2, 0) is 16.4 Å². The molecule has 0 saturated heterocycles. The van der Waals surface area contributed by atoms with Crippen molar-refractivity contribution in [1.29, 1.82) is 0 Å². The minimum absolute atomic E-state index is 0.171. The summed E-state index contributed by atoms with van der Waals surface area (Å²) in [5, 5.41) is 0. The van der Waals surface area contributed by atoms with Gasteiger partial charge in [-0.2, -0.15) is 0 Å². The van der Waals surface area contributed by atoms with Crippen molar-refractivity contribution in [2.75, 3.05) is 26.2 Å². The average molecular weight is 452 g/mol. The number of nitrogens with zero attached hydrogens (tertiary/aromatic N) is 1. The van der Waals surface area contributed by atoms with E-state index in [1.165, 1.54) is 12.1 Å². The minimum Gasteiger partial charge on any atom is -0.491 e. The Labute approximate surface area is 186 Å². The molecule has 3 aromatic rings. The molecule has 0 spiro atoms. The van der Waals surface area contributed by atoms with Crippen molar-refractivity contribution in [1.82, 2.24) is 4.90 Å². The smallest absolute Gasteiger partial charge is 0.254 e. The topological polar surface area (TPSA) is 82.1 Å². The van der Waals surface area contributed by atoms with E-state index < -0.39 is 9.84 Å². The third-order valence-corrected chi connectivity index (χ3v) is 6.69. The number of carbonyl (C=O) groups is 1. The first kappa shape index (κ1) is 20.4. The van der Waals surface area contributed by atoms with E-state index in [4.69, 9.17) is 14.2 Å². The number of rotatable bonds is 3. The van der Waals surface area contributed by atoms with Crippen molar-refractivity contribution >= 4 is 15.7 Å². The SMILES string of the molecule is CS(=O)(=O)c1ccc(C(=O)N2CCOc3ccc(-c4ccc5c(c4)OCO5)cc3C2)cc1. The van der Waals surface area contributed by atoms with Gasteiger partial charge < -0.3 is 19.1 Å². The van der Waals surface area contributed by atoms with Crippen molar-refractivity contribution in [3.63, 3.8) is 0 Å². The second-order valence-electron chi connectivity index (χ2n) is 7.76. The molecule has 1 amide bonds. The number of benzene rings is 3. The van der Waals surface area contributed by atoms with Crippen LogP contribution in [-0.4, -0.2) is 45.4 Å². The number of ether oxygens (including phenoxy) is 3. The lowest BCUT2D eigenvalue weighted by atomic mass is 10.0. The molecule has 2 heterocycles. The molecule has 0 atom stereocenters. The molecule has 0 bridgehead atoms. The highest BCUT2D eigenvalue weighted by Crippen LogP contribution is 2.37. The summed E-state index contributed by atoms with van der Waals surface area (Å²) in [6.45, 7) is 1.42. The maximum absolute atomic E-state index is 13.1. The van der Waals surface area contributed by atoms with E-state index in [9.17, 15) is 13.2 Å². The molecule has 32 heavy (non-hydrogen) atoms. The number of carbonyl (C=O) groups excluding carboxylic acids is 1. The van der Waals surface area contributed by atoms with Gasteiger partial charge in [0.1, 0.15) is 12.4 Å². The van der Waals surface area contributed by atoms with Gasteiger partial charge in [-0.25, -0.2) is 8.42 Å². The number of sulfone groups is 1. The Balaban J connectivity index is 1.41. The summed E-state index contributed by atoms with van der Waals surface area (Å²) in [4.78, 5) is 15.0. The zero-order chi connectivity index (χ0) is 22.3. The number of amides is 1. The molecular formula is C24H21NO6S. The van der Waals surface area contributed by atoms with Gasteiger partial charge in [0.25, 0.3) is 5.91 Å². The van der Waals surface area contributed by atoms with Gasteiger partial charge in [-0.15, -0.1) is 0 Å². The van der Waals surface area contributed by atoms with E-state index >= 15 is 0 Å². The van der Waals surface area contributed by atoms with Gasteiger partial charge in [0.15, 0.2) is 21.3 Å². The van der Waals surface area contributed by atoms with Crippen LogP contribution >= 0.6 is 0 Å². The molecular weight excluding hydrogens is 430 g/mol. The maximum atomic E-state index is 13.1. The average Bonchev–Trinajstić information content (AvgIpc) is 3.15. The summed E-state index contributed by atoms with van der Waals surface area (Å²) in [6.07, 6.45) is 1.14. The predicted octanol–water partition coefficient (Wildman–Crippen LogP) is 3.52. The zero-order valence-corrected chi connectivity index (χ0v) is 18.2. The van der Waals surface area contributed by atoms with Crippen LogP contribution in [0.2, 0.25) is 0 Å². The molecule has 7 nitrogen and oxygen atoms in total. The van der Waals surface area contributed by atoms with Gasteiger partial charge in [0, 0.05) is 23.9 Å². The Morgan fingerprint density at radius 1 is 0.844 bits per heavy atom. The minimum atomic E-state index is -3.31. The van der Waals surface area contributed by atoms with Gasteiger partial charge >= 0.3 is 0 Å². The van der Waals surface area contributed by atoms with Crippen LogP contribution in [0.3, 0.4) is 0 Å². The Morgan fingerprint density at radius 3 is 2.28 bits per heavy atom. The van der Waals surface area contributed by atoms with Gasteiger partial charge in [-0.05, 0) is 59.7 Å². The molecule has 0 unspecified atom stereocenters. The zero-order valence-electron chi connectivity index (χ0n) is 17.4. The summed E-state index contributed by atoms with van der Waals surface area (Å²) in [7, 11) is -3.31. The molecule has 2 aliphatic heterocycles. The number of hydrogen-bond acceptors (Lipinski definition) is 6. The first-order valence-corrected chi connectivity index (χ1v) is 12.0. The van der Waals surface area contributed by atoms with Crippen molar-refractivity contribution in [2.24, 2.45) is 0 Å². The summed E-state index contributed by atoms with van der Waals surface area (Å²) in [5.74, 6) is 2.01. The van der Waals surface area contributed by atoms with Crippen LogP contribution in [0, 0.1) is 0 Å². The highest BCUT2D eigenvalue weighted by atomic mass is 32.2. The Morgan fingerprint density at radius 2 is 1.53 bits per heavy atom. The van der Waals surface area contributed by atoms with E-state index in [0.29, 0.717) is 31.0 Å². The first-order valence-electron chi connectivity index (χ1n) is 10.1. The lowest BCUT2D eigenvalue weighted by Crippen LogP contribution is -2.32. The Bertz CT molecular complexity index is 1300. The summed E-state index contributed by atoms with van der Waals surface area (Å²) >= 11 is 0. The molecule has 0 aromatic heterocycles. The second-order valence-corrected chi connectivity index (χ2v) is 9.78. The summed E-state index contributed by atoms with van der Waals surface area (Å²) in [5.41, 5.74) is 3.31. The number of fused-ring (bicyclic) bond motifs is 2. The van der Waals surface area contributed by atoms with Gasteiger partial charge in [0.2, 0.25) is 6.79 Å². The lowest BCUT2D eigenvalue weighted by Gasteiger charge is -2.20. The van der Waals surface area contributed by atoms with Crippen LogP contribution < -0.4 is 14.2 Å². The van der Waals surface area contributed by atoms with Crippen molar-refractivity contribution in [2.45, 2.75) is 11.4 Å². The highest BCUT2D eigenvalue weighted by molar-refractivity contribution is 7.90. The molecule has 2 aliphatic rings. The van der Waals surface area contributed by atoms with Crippen LogP contribution in [0.25, 0.3) is 11.1 Å². The molecule has 164 valence electrons. The lowest BCUT2D eigenvalue weighted by molar-refractivity contribution is 0.0733. The molecule has 8 heteroatoms. The Kier molecular flexibility index (Phi) is 5.01. The molecule has 0 aliphatic carbocycles. The van der Waals surface area contributed by atoms with E-state index in [1.54, 1.807) is 17.0 Å². The van der Waals surface area contributed by atoms with Gasteiger partial charge in [0.05, 0.1) is 11.4 Å². The van der Waals surface area contributed by atoms with Crippen molar-refractivity contribution in [3.8, 4) is 28.4 Å². The van der Waals surface area contributed by atoms with Crippen LogP contribution in [0.15, 0.2) is 65.6 Å². The monoisotopic (exact) mass is 451 g/mol. The van der Waals surface area contributed by atoms with Crippen LogP contribution in [0.5, 0.6) is 17.2 Å². The molecule has 0 fully saturated rings. The van der Waals surface area contributed by atoms with E-state index in [0.717, 1.165) is 34.4 Å². The van der Waals surface area contributed by atoms with Crippen LogP contribution in [0.1, 0.15) is 15.9 Å². The summed E-state index contributed by atoms with van der Waals surface area (Å²) in [6, 6.07) is 17.7. The largest absolute Gasteiger partial charge is 0.491 e. The highest BCUT2D eigenvalue weighted by Gasteiger charge is 2.22. The molecule has 5 rings (SSSR count).